The van der Waals surface area contributed by atoms with Crippen molar-refractivity contribution in [1.29, 1.82) is 0 Å². The van der Waals surface area contributed by atoms with Crippen LogP contribution in [0.3, 0.4) is 0 Å². The number of aliphatic hydroxyl groups is 1. The van der Waals surface area contributed by atoms with Crippen LogP contribution in [-0.2, 0) is 0 Å². The van der Waals surface area contributed by atoms with Crippen molar-refractivity contribution in [2.45, 2.75) is 25.4 Å². The quantitative estimate of drug-likeness (QED) is 0.885. The Hall–Kier alpha value is -1.56. The van der Waals surface area contributed by atoms with Crippen molar-refractivity contribution in [2.24, 2.45) is 5.92 Å². The fourth-order valence-corrected chi connectivity index (χ4v) is 2.33. The zero-order chi connectivity index (χ0) is 14.0. The monoisotopic (exact) mass is 273 g/mol. The Morgan fingerprint density at radius 3 is 2.42 bits per heavy atom. The average molecular weight is 273 g/mol. The molecule has 0 bridgehead atoms. The molecule has 0 aromatic heterocycles. The predicted octanol–water partition coefficient (Wildman–Crippen LogP) is 1.99. The Labute approximate surface area is 108 Å². The molecule has 2 rings (SSSR count). The van der Waals surface area contributed by atoms with Crippen LogP contribution in [-0.4, -0.2) is 23.7 Å². The van der Waals surface area contributed by atoms with Gasteiger partial charge in [-0.25, -0.2) is 13.2 Å². The summed E-state index contributed by atoms with van der Waals surface area (Å²) in [6.07, 6.45) is 1.79. The normalized spacial score (nSPS) is 22.5. The van der Waals surface area contributed by atoms with Crippen LogP contribution in [0.4, 0.5) is 13.2 Å². The first-order valence-corrected chi connectivity index (χ1v) is 6.10. The van der Waals surface area contributed by atoms with Gasteiger partial charge in [0.25, 0.3) is 5.91 Å². The standard InChI is InChI=1S/C13H14F3NO2/c14-8-4-9(15)12(10(16)5-8)13(19)17-6-7-2-1-3-11(7)18/h4-5,7,11,18H,1-3,6H2,(H,17,19). The summed E-state index contributed by atoms with van der Waals surface area (Å²) in [6, 6.07) is 0.921. The first kappa shape index (κ1) is 13.9. The van der Waals surface area contributed by atoms with Crippen LogP contribution >= 0.6 is 0 Å². The van der Waals surface area contributed by atoms with Crippen LogP contribution in [0.5, 0.6) is 0 Å². The minimum absolute atomic E-state index is 0.101. The van der Waals surface area contributed by atoms with Crippen LogP contribution < -0.4 is 5.32 Å². The molecule has 0 heterocycles. The van der Waals surface area contributed by atoms with Gasteiger partial charge in [-0.3, -0.25) is 4.79 Å². The van der Waals surface area contributed by atoms with E-state index in [9.17, 15) is 23.1 Å². The molecule has 2 unspecified atom stereocenters. The molecule has 104 valence electrons. The molecule has 1 aliphatic rings. The Balaban J connectivity index is 2.04. The lowest BCUT2D eigenvalue weighted by atomic mass is 10.1. The molecule has 2 N–H and O–H groups in total. The van der Waals surface area contributed by atoms with Crippen LogP contribution in [0.1, 0.15) is 29.6 Å². The highest BCUT2D eigenvalue weighted by Gasteiger charge is 2.26. The molecule has 1 aromatic rings. The number of carbonyl (C=O) groups excluding carboxylic acids is 1. The van der Waals surface area contributed by atoms with Gasteiger partial charge in [-0.2, -0.15) is 0 Å². The molecular formula is C13H14F3NO2. The number of nitrogens with one attached hydrogen (secondary N) is 1. The van der Waals surface area contributed by atoms with E-state index in [2.05, 4.69) is 5.32 Å². The van der Waals surface area contributed by atoms with Crippen molar-refractivity contribution < 1.29 is 23.1 Å². The molecule has 6 heteroatoms. The summed E-state index contributed by atoms with van der Waals surface area (Å²) >= 11 is 0. The molecule has 3 nitrogen and oxygen atoms in total. The molecule has 1 aliphatic carbocycles. The molecule has 1 aromatic carbocycles. The van der Waals surface area contributed by atoms with E-state index in [0.29, 0.717) is 18.6 Å². The lowest BCUT2D eigenvalue weighted by molar-refractivity contribution is 0.0908. The van der Waals surface area contributed by atoms with Crippen molar-refractivity contribution >= 4 is 5.91 Å². The second kappa shape index (κ2) is 5.61. The summed E-state index contributed by atoms with van der Waals surface area (Å²) in [5, 5.41) is 11.9. The number of halogens is 3. The Morgan fingerprint density at radius 2 is 1.89 bits per heavy atom. The molecule has 0 saturated heterocycles. The zero-order valence-corrected chi connectivity index (χ0v) is 10.1. The lowest BCUT2D eigenvalue weighted by Gasteiger charge is -2.15. The number of hydrogen-bond acceptors (Lipinski definition) is 2. The van der Waals surface area contributed by atoms with Gasteiger partial charge in [0.05, 0.1) is 6.10 Å². The topological polar surface area (TPSA) is 49.3 Å². The van der Waals surface area contributed by atoms with Gasteiger partial charge in [0.1, 0.15) is 23.0 Å². The van der Waals surface area contributed by atoms with E-state index in [4.69, 9.17) is 0 Å². The first-order chi connectivity index (χ1) is 8.99. The van der Waals surface area contributed by atoms with Gasteiger partial charge in [-0.1, -0.05) is 6.42 Å². The summed E-state index contributed by atoms with van der Waals surface area (Å²) in [4.78, 5) is 11.7. The molecule has 1 amide bonds. The first-order valence-electron chi connectivity index (χ1n) is 6.10. The van der Waals surface area contributed by atoms with Crippen LogP contribution in [0.15, 0.2) is 12.1 Å². The van der Waals surface area contributed by atoms with Crippen molar-refractivity contribution in [3.8, 4) is 0 Å². The molecular weight excluding hydrogens is 259 g/mol. The van der Waals surface area contributed by atoms with Crippen molar-refractivity contribution in [3.63, 3.8) is 0 Å². The Morgan fingerprint density at radius 1 is 1.26 bits per heavy atom. The third-order valence-corrected chi connectivity index (χ3v) is 3.38. The molecule has 1 saturated carbocycles. The van der Waals surface area contributed by atoms with E-state index in [1.54, 1.807) is 0 Å². The number of benzene rings is 1. The Kier molecular flexibility index (Phi) is 4.09. The van der Waals surface area contributed by atoms with Gasteiger partial charge >= 0.3 is 0 Å². The van der Waals surface area contributed by atoms with Crippen LogP contribution in [0.2, 0.25) is 0 Å². The van der Waals surface area contributed by atoms with E-state index >= 15 is 0 Å². The highest BCUT2D eigenvalue weighted by atomic mass is 19.1. The Bertz CT molecular complexity index is 470. The highest BCUT2D eigenvalue weighted by Crippen LogP contribution is 2.24. The summed E-state index contributed by atoms with van der Waals surface area (Å²) in [5.74, 6) is -4.58. The number of carbonyl (C=O) groups is 1. The molecule has 1 fully saturated rings. The number of aliphatic hydroxyl groups excluding tert-OH is 1. The van der Waals surface area contributed by atoms with E-state index in [-0.39, 0.29) is 12.5 Å². The maximum absolute atomic E-state index is 13.3. The van der Waals surface area contributed by atoms with Gasteiger partial charge in [0.2, 0.25) is 0 Å². The van der Waals surface area contributed by atoms with E-state index in [1.807, 2.05) is 0 Å². The minimum Gasteiger partial charge on any atom is -0.393 e. The summed E-state index contributed by atoms with van der Waals surface area (Å²) in [5.41, 5.74) is -0.797. The van der Waals surface area contributed by atoms with Gasteiger partial charge in [-0.05, 0) is 12.8 Å². The van der Waals surface area contributed by atoms with Gasteiger partial charge in [0, 0.05) is 24.6 Å². The van der Waals surface area contributed by atoms with Crippen molar-refractivity contribution in [3.05, 3.63) is 35.1 Å². The maximum atomic E-state index is 13.3. The van der Waals surface area contributed by atoms with E-state index < -0.39 is 35.0 Å². The smallest absolute Gasteiger partial charge is 0.257 e. The fraction of sp³-hybridized carbons (Fsp3) is 0.462. The second-order valence-electron chi connectivity index (χ2n) is 4.71. The van der Waals surface area contributed by atoms with Crippen LogP contribution in [0.25, 0.3) is 0 Å². The predicted molar refractivity (Wildman–Crippen MR) is 62.0 cm³/mol. The third kappa shape index (κ3) is 3.07. The molecule has 0 spiro atoms. The van der Waals surface area contributed by atoms with E-state index in [0.717, 1.165) is 12.8 Å². The zero-order valence-electron chi connectivity index (χ0n) is 10.1. The molecule has 2 atom stereocenters. The second-order valence-corrected chi connectivity index (χ2v) is 4.71. The maximum Gasteiger partial charge on any atom is 0.257 e. The van der Waals surface area contributed by atoms with E-state index in [1.165, 1.54) is 0 Å². The summed E-state index contributed by atoms with van der Waals surface area (Å²) < 4.78 is 39.4. The van der Waals surface area contributed by atoms with Gasteiger partial charge < -0.3 is 10.4 Å². The number of hydrogen-bond donors (Lipinski definition) is 2. The lowest BCUT2D eigenvalue weighted by Crippen LogP contribution is -2.33. The summed E-state index contributed by atoms with van der Waals surface area (Å²) in [6.45, 7) is 0.149. The SMILES string of the molecule is O=C(NCC1CCCC1O)c1c(F)cc(F)cc1F. The number of rotatable bonds is 3. The third-order valence-electron chi connectivity index (χ3n) is 3.38. The fourth-order valence-electron chi connectivity index (χ4n) is 2.33. The van der Waals surface area contributed by atoms with Crippen LogP contribution in [0, 0.1) is 23.4 Å². The number of amides is 1. The summed E-state index contributed by atoms with van der Waals surface area (Å²) in [7, 11) is 0. The van der Waals surface area contributed by atoms with Crippen molar-refractivity contribution in [2.75, 3.05) is 6.54 Å². The van der Waals surface area contributed by atoms with Gasteiger partial charge in [0.15, 0.2) is 0 Å². The largest absolute Gasteiger partial charge is 0.393 e. The van der Waals surface area contributed by atoms with Crippen molar-refractivity contribution in [1.82, 2.24) is 5.32 Å². The minimum atomic E-state index is -1.23. The average Bonchev–Trinajstić information content (AvgIpc) is 2.70. The van der Waals surface area contributed by atoms with Gasteiger partial charge in [-0.15, -0.1) is 0 Å². The molecule has 0 radical (unpaired) electrons. The molecule has 19 heavy (non-hydrogen) atoms. The highest BCUT2D eigenvalue weighted by molar-refractivity contribution is 5.94. The molecule has 0 aliphatic heterocycles.